The number of hydrogen-bond acceptors (Lipinski definition) is 4. The Balaban J connectivity index is 2.44. The molecule has 138 valence electrons. The SMILES string of the molecule is CCCCc1ccc2c(c1)c1[nH]c(N(C)C)c(C(=O)OC)c1c(=O)n2F. The Morgan fingerprint density at radius 3 is 2.69 bits per heavy atom. The first-order valence-electron chi connectivity index (χ1n) is 8.55. The normalized spacial score (nSPS) is 11.3. The second-order valence-corrected chi connectivity index (χ2v) is 6.53. The predicted molar refractivity (Wildman–Crippen MR) is 101 cm³/mol. The Kier molecular flexibility index (Phi) is 4.71. The van der Waals surface area contributed by atoms with Crippen molar-refractivity contribution in [3.05, 3.63) is 39.7 Å². The molecule has 2 heterocycles. The molecule has 3 rings (SSSR count). The van der Waals surface area contributed by atoms with Crippen LogP contribution in [0.25, 0.3) is 21.8 Å². The Labute approximate surface area is 150 Å². The lowest BCUT2D eigenvalue weighted by atomic mass is 10.0. The van der Waals surface area contributed by atoms with Gasteiger partial charge in [0.2, 0.25) is 0 Å². The Morgan fingerprint density at radius 1 is 1.35 bits per heavy atom. The zero-order valence-electron chi connectivity index (χ0n) is 15.4. The number of ether oxygens (including phenoxy) is 1. The molecule has 0 radical (unpaired) electrons. The van der Waals surface area contributed by atoms with Crippen molar-refractivity contribution in [2.45, 2.75) is 26.2 Å². The number of anilines is 1. The van der Waals surface area contributed by atoms with Gasteiger partial charge in [0, 0.05) is 19.5 Å². The number of methoxy groups -OCH3 is 1. The highest BCUT2D eigenvalue weighted by Crippen LogP contribution is 2.32. The number of benzene rings is 1. The monoisotopic (exact) mass is 359 g/mol. The standard InChI is InChI=1S/C19H22FN3O3/c1-5-6-7-11-8-9-13-12(10-11)16-14(18(24)23(13)20)15(19(25)26-4)17(21-16)22(2)3/h8-10,21H,5-7H2,1-4H3. The minimum atomic E-state index is -0.876. The number of carbonyl (C=O) groups is 1. The Bertz CT molecular complexity index is 1050. The summed E-state index contributed by atoms with van der Waals surface area (Å²) in [5.41, 5.74) is 0.843. The summed E-state index contributed by atoms with van der Waals surface area (Å²) >= 11 is 0. The van der Waals surface area contributed by atoms with E-state index in [2.05, 4.69) is 11.9 Å². The van der Waals surface area contributed by atoms with Crippen LogP contribution in [0.4, 0.5) is 10.3 Å². The number of esters is 1. The molecular formula is C19H22FN3O3. The number of rotatable bonds is 5. The predicted octanol–water partition coefficient (Wildman–Crippen LogP) is 3.41. The van der Waals surface area contributed by atoms with Crippen LogP contribution in [0.5, 0.6) is 0 Å². The van der Waals surface area contributed by atoms with Crippen LogP contribution >= 0.6 is 0 Å². The summed E-state index contributed by atoms with van der Waals surface area (Å²) in [5.74, 6) is -0.269. The van der Waals surface area contributed by atoms with Gasteiger partial charge in [-0.3, -0.25) is 4.79 Å². The van der Waals surface area contributed by atoms with Crippen LogP contribution in [0.1, 0.15) is 35.7 Å². The second-order valence-electron chi connectivity index (χ2n) is 6.53. The first-order valence-corrected chi connectivity index (χ1v) is 8.55. The lowest BCUT2D eigenvalue weighted by Crippen LogP contribution is -2.18. The van der Waals surface area contributed by atoms with Crippen molar-refractivity contribution in [2.75, 3.05) is 26.1 Å². The summed E-state index contributed by atoms with van der Waals surface area (Å²) in [6.45, 7) is 2.11. The molecule has 0 aliphatic rings. The number of hydrogen-bond donors (Lipinski definition) is 1. The van der Waals surface area contributed by atoms with Crippen LogP contribution in [0, 0.1) is 0 Å². The van der Waals surface area contributed by atoms with Crippen molar-refractivity contribution in [3.8, 4) is 0 Å². The van der Waals surface area contributed by atoms with Crippen molar-refractivity contribution in [1.82, 2.24) is 9.77 Å². The van der Waals surface area contributed by atoms with E-state index in [0.29, 0.717) is 16.7 Å². The first kappa shape index (κ1) is 18.0. The van der Waals surface area contributed by atoms with E-state index >= 15 is 0 Å². The summed E-state index contributed by atoms with van der Waals surface area (Å²) in [5, 5.41) is 0.567. The third-order valence-electron chi connectivity index (χ3n) is 4.57. The molecule has 0 unspecified atom stereocenters. The van der Waals surface area contributed by atoms with Crippen molar-refractivity contribution in [1.29, 1.82) is 0 Å². The van der Waals surface area contributed by atoms with Gasteiger partial charge in [-0.05, 0) is 30.5 Å². The molecule has 1 aromatic carbocycles. The van der Waals surface area contributed by atoms with Crippen LogP contribution in [0.15, 0.2) is 23.0 Å². The highest BCUT2D eigenvalue weighted by atomic mass is 19.2. The fourth-order valence-corrected chi connectivity index (χ4v) is 3.24. The second kappa shape index (κ2) is 6.82. The molecule has 0 saturated carbocycles. The van der Waals surface area contributed by atoms with E-state index in [4.69, 9.17) is 4.74 Å². The molecule has 0 saturated heterocycles. The number of nitrogens with one attached hydrogen (secondary N) is 1. The number of H-pyrrole nitrogens is 1. The minimum Gasteiger partial charge on any atom is -0.465 e. The van der Waals surface area contributed by atoms with E-state index in [0.717, 1.165) is 24.8 Å². The summed E-state index contributed by atoms with van der Waals surface area (Å²) in [6.07, 6.45) is 2.94. The lowest BCUT2D eigenvalue weighted by Gasteiger charge is -2.11. The maximum absolute atomic E-state index is 14.7. The van der Waals surface area contributed by atoms with Gasteiger partial charge in [0.15, 0.2) is 0 Å². The van der Waals surface area contributed by atoms with E-state index in [1.165, 1.54) is 7.11 Å². The molecule has 0 bridgehead atoms. The molecule has 26 heavy (non-hydrogen) atoms. The fourth-order valence-electron chi connectivity index (χ4n) is 3.24. The third-order valence-corrected chi connectivity index (χ3v) is 4.57. The average molecular weight is 359 g/mol. The number of carbonyl (C=O) groups excluding carboxylic acids is 1. The van der Waals surface area contributed by atoms with Gasteiger partial charge < -0.3 is 14.6 Å². The smallest absolute Gasteiger partial charge is 0.342 e. The maximum atomic E-state index is 14.7. The first-order chi connectivity index (χ1) is 12.4. The molecule has 2 aromatic heterocycles. The molecule has 0 aliphatic carbocycles. The van der Waals surface area contributed by atoms with E-state index in [1.807, 2.05) is 12.1 Å². The minimum absolute atomic E-state index is 0.00296. The molecule has 1 N–H and O–H groups in total. The molecule has 7 heteroatoms. The zero-order valence-corrected chi connectivity index (χ0v) is 15.4. The summed E-state index contributed by atoms with van der Waals surface area (Å²) in [7, 11) is 4.71. The average Bonchev–Trinajstić information content (AvgIpc) is 3.04. The quantitative estimate of drug-likeness (QED) is 0.709. The van der Waals surface area contributed by atoms with Gasteiger partial charge in [0.1, 0.15) is 11.4 Å². The number of pyridine rings is 1. The molecular weight excluding hydrogens is 337 g/mol. The van der Waals surface area contributed by atoms with E-state index in [1.54, 1.807) is 25.1 Å². The van der Waals surface area contributed by atoms with Gasteiger partial charge in [0.25, 0.3) is 5.56 Å². The summed E-state index contributed by atoms with van der Waals surface area (Å²) < 4.78 is 19.5. The molecule has 6 nitrogen and oxygen atoms in total. The van der Waals surface area contributed by atoms with Crippen molar-refractivity contribution in [2.24, 2.45) is 0 Å². The molecule has 0 spiro atoms. The lowest BCUT2D eigenvalue weighted by molar-refractivity contribution is 0.0603. The van der Waals surface area contributed by atoms with Crippen molar-refractivity contribution < 1.29 is 14.0 Å². The Hall–Kier alpha value is -2.83. The highest BCUT2D eigenvalue weighted by molar-refractivity contribution is 6.15. The fraction of sp³-hybridized carbons (Fsp3) is 0.368. The summed E-state index contributed by atoms with van der Waals surface area (Å²) in [6, 6.07) is 5.31. The van der Waals surface area contributed by atoms with E-state index in [9.17, 15) is 14.1 Å². The number of halogens is 1. The topological polar surface area (TPSA) is 67.3 Å². The third kappa shape index (κ3) is 2.73. The van der Waals surface area contributed by atoms with Crippen LogP contribution < -0.4 is 10.5 Å². The molecule has 3 aromatic rings. The van der Waals surface area contributed by atoms with Gasteiger partial charge in [-0.25, -0.2) is 4.79 Å². The largest absolute Gasteiger partial charge is 0.465 e. The number of unbranched alkanes of at least 4 members (excludes halogenated alkanes) is 1. The van der Waals surface area contributed by atoms with Crippen LogP contribution in [0.3, 0.4) is 0 Å². The van der Waals surface area contributed by atoms with Gasteiger partial charge in [0.05, 0.1) is 23.5 Å². The number of fused-ring (bicyclic) bond motifs is 3. The highest BCUT2D eigenvalue weighted by Gasteiger charge is 2.26. The van der Waals surface area contributed by atoms with Gasteiger partial charge in [-0.1, -0.05) is 23.9 Å². The van der Waals surface area contributed by atoms with Crippen molar-refractivity contribution >= 4 is 33.6 Å². The molecule has 0 atom stereocenters. The van der Waals surface area contributed by atoms with Crippen molar-refractivity contribution in [3.63, 3.8) is 0 Å². The van der Waals surface area contributed by atoms with Gasteiger partial charge in [-0.2, -0.15) is 0 Å². The summed E-state index contributed by atoms with van der Waals surface area (Å²) in [4.78, 5) is 29.8. The van der Waals surface area contributed by atoms with Crippen LogP contribution in [-0.2, 0) is 11.2 Å². The number of aromatic amines is 1. The molecule has 0 aliphatic heterocycles. The number of aromatic nitrogens is 2. The van der Waals surface area contributed by atoms with E-state index < -0.39 is 11.5 Å². The maximum Gasteiger partial charge on any atom is 0.342 e. The molecule has 0 fully saturated rings. The number of nitrogens with zero attached hydrogens (tertiary/aromatic N) is 2. The Morgan fingerprint density at radius 2 is 2.08 bits per heavy atom. The molecule has 0 amide bonds. The number of aryl methyl sites for hydroxylation is 1. The van der Waals surface area contributed by atoms with Crippen LogP contribution in [0.2, 0.25) is 0 Å². The van der Waals surface area contributed by atoms with Crippen LogP contribution in [-0.4, -0.2) is 36.9 Å². The van der Waals surface area contributed by atoms with Gasteiger partial charge >= 0.3 is 5.97 Å². The zero-order chi connectivity index (χ0) is 19.0. The van der Waals surface area contributed by atoms with Gasteiger partial charge in [-0.15, -0.1) is 4.79 Å². The van der Waals surface area contributed by atoms with E-state index in [-0.39, 0.29) is 21.3 Å².